The minimum absolute atomic E-state index is 0.0596. The first kappa shape index (κ1) is 17.6. The molecule has 3 atom stereocenters. The van der Waals surface area contributed by atoms with Crippen LogP contribution in [0.4, 0.5) is 0 Å². The summed E-state index contributed by atoms with van der Waals surface area (Å²) in [5.74, 6) is -0.0596. The van der Waals surface area contributed by atoms with Crippen LogP contribution in [0.2, 0.25) is 0 Å². The Morgan fingerprint density at radius 3 is 2.44 bits per heavy atom. The number of hydrogen-bond acceptors (Lipinski definition) is 3. The lowest BCUT2D eigenvalue weighted by Crippen LogP contribution is -2.43. The second kappa shape index (κ2) is 7.81. The summed E-state index contributed by atoms with van der Waals surface area (Å²) in [5, 5.41) is 13.5. The summed E-state index contributed by atoms with van der Waals surface area (Å²) in [6, 6.07) is 17.1. The van der Waals surface area contributed by atoms with Crippen LogP contribution in [0.15, 0.2) is 54.6 Å². The molecule has 4 heteroatoms. The Morgan fingerprint density at radius 1 is 1.12 bits per heavy atom. The molecule has 0 aliphatic heterocycles. The zero-order valence-corrected chi connectivity index (χ0v) is 14.9. The molecule has 0 aromatic heterocycles. The van der Waals surface area contributed by atoms with E-state index in [0.717, 1.165) is 29.8 Å². The highest BCUT2D eigenvalue weighted by molar-refractivity contribution is 5.84. The lowest BCUT2D eigenvalue weighted by atomic mass is 10.0. The predicted molar refractivity (Wildman–Crippen MR) is 99.1 cm³/mol. The van der Waals surface area contributed by atoms with Gasteiger partial charge in [0, 0.05) is 6.42 Å². The van der Waals surface area contributed by atoms with Crippen molar-refractivity contribution in [2.45, 2.75) is 38.5 Å². The SMILES string of the molecule is CCN(CC)C(C(=O)N[C@H]1c2ccccc2C[C@H]1O)c1ccccc1. The van der Waals surface area contributed by atoms with Gasteiger partial charge in [-0.2, -0.15) is 0 Å². The quantitative estimate of drug-likeness (QED) is 0.851. The van der Waals surface area contributed by atoms with E-state index in [9.17, 15) is 9.90 Å². The van der Waals surface area contributed by atoms with Crippen molar-refractivity contribution in [2.24, 2.45) is 0 Å². The van der Waals surface area contributed by atoms with E-state index in [0.29, 0.717) is 6.42 Å². The monoisotopic (exact) mass is 338 g/mol. The number of nitrogens with one attached hydrogen (secondary N) is 1. The molecule has 0 radical (unpaired) electrons. The maximum Gasteiger partial charge on any atom is 0.242 e. The summed E-state index contributed by atoms with van der Waals surface area (Å²) in [6.45, 7) is 5.69. The van der Waals surface area contributed by atoms with Gasteiger partial charge in [-0.15, -0.1) is 0 Å². The smallest absolute Gasteiger partial charge is 0.242 e. The van der Waals surface area contributed by atoms with Gasteiger partial charge in [-0.25, -0.2) is 0 Å². The molecule has 0 fully saturated rings. The van der Waals surface area contributed by atoms with E-state index in [1.165, 1.54) is 0 Å². The highest BCUT2D eigenvalue weighted by Crippen LogP contribution is 2.32. The molecule has 1 aliphatic rings. The van der Waals surface area contributed by atoms with E-state index in [2.05, 4.69) is 24.1 Å². The summed E-state index contributed by atoms with van der Waals surface area (Å²) >= 11 is 0. The van der Waals surface area contributed by atoms with Crippen molar-refractivity contribution in [3.05, 3.63) is 71.3 Å². The van der Waals surface area contributed by atoms with Gasteiger partial charge in [0.1, 0.15) is 6.04 Å². The van der Waals surface area contributed by atoms with Crippen LogP contribution < -0.4 is 5.32 Å². The fourth-order valence-corrected chi connectivity index (χ4v) is 3.73. The van der Waals surface area contributed by atoms with Gasteiger partial charge in [-0.05, 0) is 29.8 Å². The molecule has 1 amide bonds. The number of benzene rings is 2. The Bertz CT molecular complexity index is 713. The van der Waals surface area contributed by atoms with Crippen LogP contribution in [0, 0.1) is 0 Å². The fraction of sp³-hybridized carbons (Fsp3) is 0.381. The van der Waals surface area contributed by atoms with Crippen molar-refractivity contribution in [3.63, 3.8) is 0 Å². The number of amides is 1. The van der Waals surface area contributed by atoms with E-state index in [4.69, 9.17) is 0 Å². The molecule has 2 aromatic carbocycles. The Morgan fingerprint density at radius 2 is 1.76 bits per heavy atom. The van der Waals surface area contributed by atoms with Crippen molar-refractivity contribution in [1.82, 2.24) is 10.2 Å². The van der Waals surface area contributed by atoms with Gasteiger partial charge >= 0.3 is 0 Å². The van der Waals surface area contributed by atoms with Crippen molar-refractivity contribution in [3.8, 4) is 0 Å². The average molecular weight is 338 g/mol. The Kier molecular flexibility index (Phi) is 5.51. The molecule has 1 unspecified atom stereocenters. The molecule has 2 aromatic rings. The number of nitrogens with zero attached hydrogens (tertiary/aromatic N) is 1. The second-order valence-electron chi connectivity index (χ2n) is 6.49. The van der Waals surface area contributed by atoms with Gasteiger partial charge in [0.25, 0.3) is 0 Å². The lowest BCUT2D eigenvalue weighted by molar-refractivity contribution is -0.128. The molecule has 2 N–H and O–H groups in total. The molecule has 25 heavy (non-hydrogen) atoms. The minimum Gasteiger partial charge on any atom is -0.390 e. The van der Waals surface area contributed by atoms with E-state index < -0.39 is 6.10 Å². The topological polar surface area (TPSA) is 52.6 Å². The predicted octanol–water partition coefficient (Wildman–Crippen LogP) is 2.84. The molecule has 0 saturated heterocycles. The molecular weight excluding hydrogens is 312 g/mol. The first-order chi connectivity index (χ1) is 12.2. The molecule has 1 aliphatic carbocycles. The van der Waals surface area contributed by atoms with Crippen LogP contribution in [0.1, 0.15) is 42.6 Å². The summed E-state index contributed by atoms with van der Waals surface area (Å²) in [6.07, 6.45) is 0.0111. The number of aliphatic hydroxyl groups excluding tert-OH is 1. The van der Waals surface area contributed by atoms with Crippen LogP contribution in [-0.4, -0.2) is 35.1 Å². The van der Waals surface area contributed by atoms with Gasteiger partial charge in [-0.3, -0.25) is 9.69 Å². The number of aliphatic hydroxyl groups is 1. The van der Waals surface area contributed by atoms with Gasteiger partial charge < -0.3 is 10.4 Å². The zero-order valence-electron chi connectivity index (χ0n) is 14.9. The normalized spacial score (nSPS) is 20.3. The largest absolute Gasteiger partial charge is 0.390 e. The molecule has 3 rings (SSSR count). The third kappa shape index (κ3) is 3.60. The number of carbonyl (C=O) groups excluding carboxylic acids is 1. The number of carbonyl (C=O) groups is 1. The third-order valence-corrected chi connectivity index (χ3v) is 5.04. The van der Waals surface area contributed by atoms with E-state index in [1.54, 1.807) is 0 Å². The molecule has 4 nitrogen and oxygen atoms in total. The Labute approximate surface area is 149 Å². The number of hydrogen-bond donors (Lipinski definition) is 2. The van der Waals surface area contributed by atoms with Gasteiger partial charge in [-0.1, -0.05) is 68.4 Å². The van der Waals surface area contributed by atoms with Crippen LogP contribution in [0.25, 0.3) is 0 Å². The molecule has 0 heterocycles. The number of likely N-dealkylation sites (N-methyl/N-ethyl adjacent to an activating group) is 1. The molecule has 132 valence electrons. The summed E-state index contributed by atoms with van der Waals surface area (Å²) in [7, 11) is 0. The van der Waals surface area contributed by atoms with Gasteiger partial charge in [0.2, 0.25) is 5.91 Å². The van der Waals surface area contributed by atoms with Crippen LogP contribution in [-0.2, 0) is 11.2 Å². The average Bonchev–Trinajstić information content (AvgIpc) is 2.95. The molecule has 0 spiro atoms. The maximum atomic E-state index is 13.2. The number of fused-ring (bicyclic) bond motifs is 1. The maximum absolute atomic E-state index is 13.2. The summed E-state index contributed by atoms with van der Waals surface area (Å²) in [5.41, 5.74) is 3.11. The highest BCUT2D eigenvalue weighted by Gasteiger charge is 2.35. The van der Waals surface area contributed by atoms with Crippen molar-refractivity contribution in [2.75, 3.05) is 13.1 Å². The van der Waals surface area contributed by atoms with Crippen LogP contribution in [0.3, 0.4) is 0 Å². The van der Waals surface area contributed by atoms with E-state index in [-0.39, 0.29) is 18.0 Å². The van der Waals surface area contributed by atoms with E-state index in [1.807, 2.05) is 54.6 Å². The first-order valence-electron chi connectivity index (χ1n) is 9.01. The third-order valence-electron chi connectivity index (χ3n) is 5.04. The fourth-order valence-electron chi connectivity index (χ4n) is 3.73. The molecule has 0 saturated carbocycles. The zero-order chi connectivity index (χ0) is 17.8. The summed E-state index contributed by atoms with van der Waals surface area (Å²) < 4.78 is 0. The van der Waals surface area contributed by atoms with Gasteiger partial charge in [0.15, 0.2) is 0 Å². The summed E-state index contributed by atoms with van der Waals surface area (Å²) in [4.78, 5) is 15.3. The second-order valence-corrected chi connectivity index (χ2v) is 6.49. The Balaban J connectivity index is 1.86. The van der Waals surface area contributed by atoms with Crippen molar-refractivity contribution < 1.29 is 9.90 Å². The van der Waals surface area contributed by atoms with Crippen LogP contribution >= 0.6 is 0 Å². The van der Waals surface area contributed by atoms with Crippen molar-refractivity contribution in [1.29, 1.82) is 0 Å². The minimum atomic E-state index is -0.575. The molecule has 0 bridgehead atoms. The lowest BCUT2D eigenvalue weighted by Gasteiger charge is -2.31. The number of rotatable bonds is 6. The highest BCUT2D eigenvalue weighted by atomic mass is 16.3. The standard InChI is InChI=1S/C21H26N2O2/c1-3-23(4-2)20(15-10-6-5-7-11-15)21(25)22-19-17-13-9-8-12-16(17)14-18(19)24/h5-13,18-20,24H,3-4,14H2,1-2H3,(H,22,25)/t18-,19+,20?/m1/s1. The van der Waals surface area contributed by atoms with E-state index >= 15 is 0 Å². The molecular formula is C21H26N2O2. The van der Waals surface area contributed by atoms with Crippen LogP contribution in [0.5, 0.6) is 0 Å². The first-order valence-corrected chi connectivity index (χ1v) is 9.01. The van der Waals surface area contributed by atoms with Gasteiger partial charge in [0.05, 0.1) is 12.1 Å². The Hall–Kier alpha value is -2.17. The van der Waals surface area contributed by atoms with Crippen molar-refractivity contribution >= 4 is 5.91 Å².